The van der Waals surface area contributed by atoms with Crippen LogP contribution in [-0.4, -0.2) is 191 Å². The van der Waals surface area contributed by atoms with Crippen molar-refractivity contribution in [3.05, 3.63) is 185 Å². The van der Waals surface area contributed by atoms with Gasteiger partial charge in [0, 0.05) is 97.9 Å². The lowest BCUT2D eigenvalue weighted by atomic mass is 10.00. The summed E-state index contributed by atoms with van der Waals surface area (Å²) < 4.78 is 0. The molecule has 17 N–H and O–H groups in total. The molecule has 0 saturated carbocycles. The number of amides is 10. The Balaban J connectivity index is 0.942. The second-order valence-electron chi connectivity index (χ2n) is 25.2. The Kier molecular flexibility index (Phi) is 27.0. The molecule has 0 spiro atoms. The maximum Gasteiger partial charge on any atom is 0.322 e. The van der Waals surface area contributed by atoms with E-state index in [1.807, 2.05) is 48.5 Å². The first-order valence-corrected chi connectivity index (χ1v) is 34.0. The number of rotatable bonds is 36. The van der Waals surface area contributed by atoms with Crippen molar-refractivity contribution in [1.82, 2.24) is 77.7 Å². The van der Waals surface area contributed by atoms with Gasteiger partial charge in [0.1, 0.15) is 66.7 Å². The Hall–Kier alpha value is -11.5. The van der Waals surface area contributed by atoms with Crippen LogP contribution < -0.4 is 53.6 Å². The van der Waals surface area contributed by atoms with Crippen LogP contribution in [0.5, 0.6) is 5.75 Å². The first kappa shape index (κ1) is 75.7. The SMILES string of the molecule is CC(=O)N[C@H](Cc1ccc2ccccc2c1)C(=O)N[C@H](Cc1ccc(Cl)cc1)C(=O)N[C@@H](Cc1cnc[nH]1)C(=O)N[C@@H](CO)C(=O)N[C@@H](Cc1cnc[nH]1)C(=O)N[C@H](CCCCN)C(=O)N[C@@H](Cc1c[nH]c2ccccc12)C(=O)N[C@@H](Cc1ccc(O)cc1)C(=O)N1CCC[C@H]1C(=O)NCC(=O)O. The van der Waals surface area contributed by atoms with E-state index in [0.717, 1.165) is 10.8 Å². The van der Waals surface area contributed by atoms with E-state index in [-0.39, 0.29) is 76.6 Å². The Morgan fingerprint density at radius 2 is 1.06 bits per heavy atom. The number of H-pyrrole nitrogens is 3. The molecule has 103 heavy (non-hydrogen) atoms. The largest absolute Gasteiger partial charge is 0.508 e. The molecule has 8 aromatic rings. The van der Waals surface area contributed by atoms with Gasteiger partial charge >= 0.3 is 5.97 Å². The number of phenolic OH excluding ortho intramolecular Hbond substituents is 1. The zero-order valence-corrected chi connectivity index (χ0v) is 57.0. The summed E-state index contributed by atoms with van der Waals surface area (Å²) >= 11 is 6.23. The highest BCUT2D eigenvalue weighted by molar-refractivity contribution is 6.30. The minimum absolute atomic E-state index is 0.0360. The van der Waals surface area contributed by atoms with E-state index in [9.17, 15) is 58.5 Å². The number of aromatic hydroxyl groups is 1. The summed E-state index contributed by atoms with van der Waals surface area (Å²) in [5.41, 5.74) is 9.61. The molecule has 0 radical (unpaired) electrons. The second kappa shape index (κ2) is 36.7. The van der Waals surface area contributed by atoms with E-state index in [0.29, 0.717) is 62.4 Å². The van der Waals surface area contributed by atoms with Crippen molar-refractivity contribution in [3.63, 3.8) is 0 Å². The van der Waals surface area contributed by atoms with Crippen LogP contribution in [0.1, 0.15) is 72.7 Å². The summed E-state index contributed by atoms with van der Waals surface area (Å²) in [6, 6.07) is 19.8. The number of aliphatic hydroxyl groups is 1. The molecule has 1 aliphatic heterocycles. The Bertz CT molecular complexity index is 4270. The third-order valence-corrected chi connectivity index (χ3v) is 17.8. The van der Waals surface area contributed by atoms with Crippen LogP contribution in [0.3, 0.4) is 0 Å². The van der Waals surface area contributed by atoms with Gasteiger partial charge in [-0.3, -0.25) is 52.7 Å². The van der Waals surface area contributed by atoms with E-state index in [4.69, 9.17) is 17.3 Å². The molecule has 4 heterocycles. The average Bonchev–Trinajstić information content (AvgIpc) is 1.79. The topological polar surface area (TPSA) is 459 Å². The number of benzene rings is 5. The highest BCUT2D eigenvalue weighted by Crippen LogP contribution is 2.24. The van der Waals surface area contributed by atoms with Crippen LogP contribution in [0.2, 0.25) is 5.02 Å². The van der Waals surface area contributed by atoms with E-state index < -0.39 is 133 Å². The van der Waals surface area contributed by atoms with E-state index >= 15 is 9.59 Å². The summed E-state index contributed by atoms with van der Waals surface area (Å²) in [7, 11) is 0. The highest BCUT2D eigenvalue weighted by Gasteiger charge is 2.40. The number of carboxylic acid groups (broad SMARTS) is 1. The van der Waals surface area contributed by atoms with Gasteiger partial charge in [-0.2, -0.15) is 0 Å². The molecule has 31 heteroatoms. The predicted molar refractivity (Wildman–Crippen MR) is 378 cm³/mol. The number of aliphatic hydroxyl groups excluding tert-OH is 1. The van der Waals surface area contributed by atoms with Gasteiger partial charge in [-0.05, 0) is 102 Å². The second-order valence-corrected chi connectivity index (χ2v) is 25.6. The van der Waals surface area contributed by atoms with Crippen LogP contribution >= 0.6 is 11.6 Å². The molecule has 0 unspecified atom stereocenters. The third kappa shape index (κ3) is 21.8. The highest BCUT2D eigenvalue weighted by atomic mass is 35.5. The van der Waals surface area contributed by atoms with Crippen molar-refractivity contribution in [3.8, 4) is 5.75 Å². The number of phenols is 1. The minimum atomic E-state index is -1.81. The molecule has 0 bridgehead atoms. The monoisotopic (exact) mass is 1430 g/mol. The summed E-state index contributed by atoms with van der Waals surface area (Å²) in [4.78, 5) is 174. The van der Waals surface area contributed by atoms with Gasteiger partial charge in [-0.25, -0.2) is 9.97 Å². The van der Waals surface area contributed by atoms with E-state index in [1.165, 1.54) is 49.0 Å². The summed E-state index contributed by atoms with van der Waals surface area (Å²) in [5, 5.41) is 57.2. The number of hydrogen-bond donors (Lipinski definition) is 16. The molecule has 1 saturated heterocycles. The number of carbonyl (C=O) groups excluding carboxylic acids is 10. The number of carbonyl (C=O) groups is 11. The maximum atomic E-state index is 15.1. The molecule has 1 aliphatic rings. The van der Waals surface area contributed by atoms with E-state index in [1.54, 1.807) is 60.8 Å². The molecule has 9 atom stereocenters. The molecule has 542 valence electrons. The molecular weight excluding hydrogens is 1350 g/mol. The Labute approximate surface area is 596 Å². The smallest absolute Gasteiger partial charge is 0.322 e. The fraction of sp³-hybridized carbons (Fsp3) is 0.347. The van der Waals surface area contributed by atoms with Gasteiger partial charge in [0.15, 0.2) is 0 Å². The molecule has 1 fully saturated rings. The number of para-hydroxylation sites is 1. The molecule has 3 aromatic heterocycles. The van der Waals surface area contributed by atoms with Crippen molar-refractivity contribution in [1.29, 1.82) is 0 Å². The lowest BCUT2D eigenvalue weighted by Gasteiger charge is -2.30. The fourth-order valence-electron chi connectivity index (χ4n) is 12.2. The molecule has 10 amide bonds. The number of nitrogens with two attached hydrogens (primary N) is 1. The van der Waals surface area contributed by atoms with Crippen molar-refractivity contribution in [2.24, 2.45) is 5.73 Å². The van der Waals surface area contributed by atoms with Gasteiger partial charge < -0.3 is 88.8 Å². The number of imidazole rings is 2. The maximum absolute atomic E-state index is 15.1. The summed E-state index contributed by atoms with van der Waals surface area (Å²) in [6.45, 7) is -0.214. The van der Waals surface area contributed by atoms with Gasteiger partial charge in [0.25, 0.3) is 0 Å². The molecule has 0 aliphatic carbocycles. The van der Waals surface area contributed by atoms with Gasteiger partial charge in [-0.15, -0.1) is 0 Å². The number of halogens is 1. The third-order valence-electron chi connectivity index (χ3n) is 17.5. The van der Waals surface area contributed by atoms with Crippen LogP contribution in [0, 0.1) is 0 Å². The molecule has 9 rings (SSSR count). The predicted octanol–water partition coefficient (Wildman–Crippen LogP) is 1.09. The van der Waals surface area contributed by atoms with Gasteiger partial charge in [0.05, 0.1) is 19.3 Å². The summed E-state index contributed by atoms with van der Waals surface area (Å²) in [6.07, 6.45) is 7.24. The normalized spacial score (nSPS) is 15.0. The number of nitrogens with one attached hydrogen (secondary N) is 12. The standard InChI is InChI=1S/C72H83ClN16O14/c1-41(91)81-55(30-44-15-20-45-9-2-3-10-46(45)27-44)65(96)83-56(28-42-16-21-48(73)22-17-42)66(97)85-59(33-50-36-76-40-80-50)69(100)88-61(38-90)70(101)86-58(32-49-35-75-39-79-49)68(99)82-54(13-6-7-25-74)64(95)84-57(31-47-34-77-53-12-5-4-11-52(47)53)67(98)87-60(29-43-18-23-51(92)24-19-43)72(103)89-26-8-14-62(89)71(102)78-37-63(93)94/h2-5,9-12,15-24,27,34-36,39-40,54-62,77,90,92H,6-8,13-14,25-26,28-33,37-38,74H2,1H3,(H,75,79)(H,76,80)(H,78,102)(H,81,91)(H,82,99)(H,83,96)(H,84,95)(H,85,97)(H,86,101)(H,87,98)(H,88,100)(H,93,94)/t54-,55-,56-,57+,58+,59+,60+,61+,62+/m1/s1. The number of aromatic amines is 3. The zero-order chi connectivity index (χ0) is 73.5. The number of fused-ring (bicyclic) bond motifs is 2. The number of likely N-dealkylation sites (tertiary alicyclic amines) is 1. The molecule has 5 aromatic carbocycles. The zero-order valence-electron chi connectivity index (χ0n) is 56.3. The van der Waals surface area contributed by atoms with Crippen LogP contribution in [0.25, 0.3) is 21.7 Å². The fourth-order valence-corrected chi connectivity index (χ4v) is 12.3. The minimum Gasteiger partial charge on any atom is -0.508 e. The Morgan fingerprint density at radius 1 is 0.563 bits per heavy atom. The van der Waals surface area contributed by atoms with Crippen molar-refractivity contribution in [2.45, 2.75) is 132 Å². The van der Waals surface area contributed by atoms with Crippen molar-refractivity contribution >= 4 is 98.3 Å². The Morgan fingerprint density at radius 3 is 1.64 bits per heavy atom. The van der Waals surface area contributed by atoms with Crippen molar-refractivity contribution < 1.29 is 68.1 Å². The van der Waals surface area contributed by atoms with Gasteiger partial charge in [0.2, 0.25) is 59.1 Å². The number of aliphatic carboxylic acids is 1. The lowest BCUT2D eigenvalue weighted by molar-refractivity contribution is -0.143. The number of aromatic nitrogens is 5. The number of nitrogens with zero attached hydrogens (tertiary/aromatic N) is 3. The quantitative estimate of drug-likeness (QED) is 0.0244. The number of hydrogen-bond acceptors (Lipinski definition) is 16. The van der Waals surface area contributed by atoms with Crippen LogP contribution in [0.4, 0.5) is 0 Å². The summed E-state index contributed by atoms with van der Waals surface area (Å²) in [5.74, 6) is -9.65. The average molecular weight is 1430 g/mol. The first-order chi connectivity index (χ1) is 49.6. The molecular formula is C72H83ClN16O14. The number of carboxylic acids is 1. The van der Waals surface area contributed by atoms with Crippen LogP contribution in [0.15, 0.2) is 147 Å². The van der Waals surface area contributed by atoms with Crippen LogP contribution in [-0.2, 0) is 91.3 Å². The number of unbranched alkanes of at least 4 members (excludes halogenated alkanes) is 1. The lowest BCUT2D eigenvalue weighted by Crippen LogP contribution is -2.61. The van der Waals surface area contributed by atoms with Crippen molar-refractivity contribution in [2.75, 3.05) is 26.2 Å². The first-order valence-electron chi connectivity index (χ1n) is 33.6. The van der Waals surface area contributed by atoms with Gasteiger partial charge in [-0.1, -0.05) is 96.5 Å². The van der Waals surface area contributed by atoms with E-state index in [2.05, 4.69) is 72.8 Å². The molecule has 30 nitrogen and oxygen atoms in total.